The number of hydrogen-bond donors (Lipinski definition) is 3. The molecule has 2 heterocycles. The number of nitrogens with one attached hydrogen (secondary N) is 2. The minimum atomic E-state index is -0.985. The molecular formula is C25H27N5O4S. The summed E-state index contributed by atoms with van der Waals surface area (Å²) in [5.41, 5.74) is 6.72. The first kappa shape index (κ1) is 24.5. The van der Waals surface area contributed by atoms with E-state index in [0.29, 0.717) is 16.4 Å². The fourth-order valence-electron chi connectivity index (χ4n) is 4.03. The molecule has 0 saturated carbocycles. The van der Waals surface area contributed by atoms with E-state index in [2.05, 4.69) is 20.5 Å². The molecule has 4 amide bonds. The molecule has 2 aromatic carbocycles. The Balaban J connectivity index is 1.35. The molecule has 0 bridgehead atoms. The third-order valence-electron chi connectivity index (χ3n) is 5.83. The van der Waals surface area contributed by atoms with Crippen LogP contribution in [0.1, 0.15) is 47.6 Å². The second-order valence-corrected chi connectivity index (χ2v) is 9.61. The number of benzene rings is 2. The maximum atomic E-state index is 12.8. The molecule has 182 valence electrons. The van der Waals surface area contributed by atoms with Gasteiger partial charge in [-0.1, -0.05) is 48.2 Å². The van der Waals surface area contributed by atoms with Crippen molar-refractivity contribution >= 4 is 46.2 Å². The molecule has 2 aromatic rings. The van der Waals surface area contributed by atoms with E-state index in [1.165, 1.54) is 24.2 Å². The van der Waals surface area contributed by atoms with Crippen molar-refractivity contribution in [1.29, 1.82) is 0 Å². The van der Waals surface area contributed by atoms with Gasteiger partial charge in [0.25, 0.3) is 11.8 Å². The highest BCUT2D eigenvalue weighted by Gasteiger charge is 2.33. The summed E-state index contributed by atoms with van der Waals surface area (Å²) < 4.78 is 0. The number of aliphatic imine (C=N–C) groups is 1. The molecule has 0 unspecified atom stereocenters. The van der Waals surface area contributed by atoms with Gasteiger partial charge in [-0.2, -0.15) is 4.99 Å². The lowest BCUT2D eigenvalue weighted by atomic mass is 10.1. The number of thioether (sulfide) groups is 1. The maximum Gasteiger partial charge on any atom is 0.262 e. The number of rotatable bonds is 7. The van der Waals surface area contributed by atoms with Crippen LogP contribution < -0.4 is 16.4 Å². The van der Waals surface area contributed by atoms with E-state index in [4.69, 9.17) is 5.73 Å². The summed E-state index contributed by atoms with van der Waals surface area (Å²) in [6.45, 7) is 1.77. The Hall–Kier alpha value is -3.66. The number of amides is 4. The number of primary amides is 1. The average Bonchev–Trinajstić information content (AvgIpc) is 3.23. The van der Waals surface area contributed by atoms with Gasteiger partial charge in [0.05, 0.1) is 0 Å². The van der Waals surface area contributed by atoms with E-state index in [9.17, 15) is 19.2 Å². The first-order valence-corrected chi connectivity index (χ1v) is 12.4. The number of piperidine rings is 1. The van der Waals surface area contributed by atoms with Gasteiger partial charge in [0, 0.05) is 30.8 Å². The van der Waals surface area contributed by atoms with Crippen molar-refractivity contribution in [3.63, 3.8) is 0 Å². The van der Waals surface area contributed by atoms with E-state index in [0.717, 1.165) is 25.9 Å². The first-order valence-electron chi connectivity index (χ1n) is 11.5. The molecule has 0 aromatic heterocycles. The van der Waals surface area contributed by atoms with Crippen molar-refractivity contribution in [2.75, 3.05) is 18.4 Å². The maximum absolute atomic E-state index is 12.8. The summed E-state index contributed by atoms with van der Waals surface area (Å²) in [5.74, 6) is -1.83. The Labute approximate surface area is 207 Å². The predicted molar refractivity (Wildman–Crippen MR) is 135 cm³/mol. The van der Waals surface area contributed by atoms with Crippen LogP contribution in [0.15, 0.2) is 59.6 Å². The van der Waals surface area contributed by atoms with E-state index in [1.54, 1.807) is 48.5 Å². The average molecular weight is 494 g/mol. The standard InChI is InChI=1S/C25H27N5O4S/c26-22(32)21(16-8-3-1-4-9-16)28-23(33)17-10-7-11-18(14-17)27-20(31)15-19-24(34)29-25(35-19)30-12-5-2-6-13-30/h1,3-4,7-11,14,19,21H,2,5-6,12-13,15H2,(H2,26,32)(H,27,31)(H,28,33)/t19-,21-/m1/s1. The fraction of sp³-hybridized carbons (Fsp3) is 0.320. The van der Waals surface area contributed by atoms with Crippen LogP contribution in [0.3, 0.4) is 0 Å². The smallest absolute Gasteiger partial charge is 0.262 e. The number of amidine groups is 1. The number of carbonyl (C=O) groups excluding carboxylic acids is 4. The van der Waals surface area contributed by atoms with Crippen LogP contribution >= 0.6 is 11.8 Å². The first-order chi connectivity index (χ1) is 16.9. The van der Waals surface area contributed by atoms with Crippen LogP contribution in [0, 0.1) is 0 Å². The van der Waals surface area contributed by atoms with Crippen LogP contribution in [0.4, 0.5) is 5.69 Å². The van der Waals surface area contributed by atoms with Gasteiger partial charge in [-0.15, -0.1) is 0 Å². The Kier molecular flexibility index (Phi) is 7.81. The SMILES string of the molecule is NC(=O)[C@H](NC(=O)c1cccc(NC(=O)C[C@H]2SC(N3CCCCC3)=NC2=O)c1)c1ccccc1. The van der Waals surface area contributed by atoms with Gasteiger partial charge < -0.3 is 21.3 Å². The van der Waals surface area contributed by atoms with Crippen LogP contribution in [0.5, 0.6) is 0 Å². The lowest BCUT2D eigenvalue weighted by Gasteiger charge is -2.27. The lowest BCUT2D eigenvalue weighted by molar-refractivity contribution is -0.121. The Morgan fingerprint density at radius 3 is 2.51 bits per heavy atom. The molecule has 0 spiro atoms. The second kappa shape index (κ2) is 11.2. The molecule has 1 fully saturated rings. The summed E-state index contributed by atoms with van der Waals surface area (Å²) in [6.07, 6.45) is 3.32. The molecule has 0 aliphatic carbocycles. The normalized spacial score (nSPS) is 18.5. The Morgan fingerprint density at radius 1 is 1.06 bits per heavy atom. The van der Waals surface area contributed by atoms with Crippen molar-refractivity contribution in [1.82, 2.24) is 10.2 Å². The monoisotopic (exact) mass is 493 g/mol. The van der Waals surface area contributed by atoms with Gasteiger partial charge in [0.15, 0.2) is 5.17 Å². The molecule has 2 aliphatic rings. The molecule has 0 radical (unpaired) electrons. The quantitative estimate of drug-likeness (QED) is 0.543. The number of anilines is 1. The fourth-order valence-corrected chi connectivity index (χ4v) is 5.14. The molecule has 9 nitrogen and oxygen atoms in total. The largest absolute Gasteiger partial charge is 0.368 e. The second-order valence-electron chi connectivity index (χ2n) is 8.44. The Bertz CT molecular complexity index is 1150. The highest BCUT2D eigenvalue weighted by molar-refractivity contribution is 8.15. The lowest BCUT2D eigenvalue weighted by Crippen LogP contribution is -2.37. The molecule has 2 aliphatic heterocycles. The highest BCUT2D eigenvalue weighted by atomic mass is 32.2. The minimum absolute atomic E-state index is 0.0154. The van der Waals surface area contributed by atoms with Gasteiger partial charge in [0.2, 0.25) is 11.8 Å². The summed E-state index contributed by atoms with van der Waals surface area (Å²) >= 11 is 1.34. The van der Waals surface area contributed by atoms with Gasteiger partial charge >= 0.3 is 0 Å². The number of carbonyl (C=O) groups is 4. The molecule has 4 N–H and O–H groups in total. The predicted octanol–water partition coefficient (Wildman–Crippen LogP) is 2.46. The van der Waals surface area contributed by atoms with Crippen molar-refractivity contribution in [3.8, 4) is 0 Å². The molecule has 10 heteroatoms. The van der Waals surface area contributed by atoms with Gasteiger partial charge in [-0.25, -0.2) is 0 Å². The van der Waals surface area contributed by atoms with E-state index in [1.807, 2.05) is 0 Å². The summed E-state index contributed by atoms with van der Waals surface area (Å²) in [4.78, 5) is 55.9. The van der Waals surface area contributed by atoms with Gasteiger partial charge in [0.1, 0.15) is 11.3 Å². The van der Waals surface area contributed by atoms with Crippen LogP contribution in [0.25, 0.3) is 0 Å². The zero-order valence-electron chi connectivity index (χ0n) is 19.1. The van der Waals surface area contributed by atoms with Crippen molar-refractivity contribution in [3.05, 3.63) is 65.7 Å². The van der Waals surface area contributed by atoms with Gasteiger partial charge in [-0.05, 0) is 43.0 Å². The van der Waals surface area contributed by atoms with Crippen molar-refractivity contribution < 1.29 is 19.2 Å². The number of hydrogen-bond acceptors (Lipinski definition) is 6. The van der Waals surface area contributed by atoms with Crippen LogP contribution in [-0.4, -0.2) is 52.0 Å². The summed E-state index contributed by atoms with van der Waals surface area (Å²) in [5, 5.41) is 5.53. The van der Waals surface area contributed by atoms with Crippen LogP contribution in [-0.2, 0) is 14.4 Å². The Morgan fingerprint density at radius 2 is 1.80 bits per heavy atom. The number of likely N-dealkylation sites (tertiary alicyclic amines) is 1. The molecule has 2 atom stereocenters. The van der Waals surface area contributed by atoms with E-state index in [-0.39, 0.29) is 23.8 Å². The minimum Gasteiger partial charge on any atom is -0.368 e. The molecular weight excluding hydrogens is 466 g/mol. The zero-order chi connectivity index (χ0) is 24.8. The third kappa shape index (κ3) is 6.27. The van der Waals surface area contributed by atoms with Gasteiger partial charge in [-0.3, -0.25) is 19.2 Å². The summed E-state index contributed by atoms with van der Waals surface area (Å²) in [6, 6.07) is 14.1. The van der Waals surface area contributed by atoms with E-state index >= 15 is 0 Å². The van der Waals surface area contributed by atoms with Crippen molar-refractivity contribution in [2.45, 2.75) is 37.0 Å². The molecule has 4 rings (SSSR count). The third-order valence-corrected chi connectivity index (χ3v) is 7.04. The zero-order valence-corrected chi connectivity index (χ0v) is 19.9. The summed E-state index contributed by atoms with van der Waals surface area (Å²) in [7, 11) is 0. The topological polar surface area (TPSA) is 134 Å². The van der Waals surface area contributed by atoms with Crippen molar-refractivity contribution in [2.24, 2.45) is 10.7 Å². The molecule has 35 heavy (non-hydrogen) atoms. The number of nitrogens with zero attached hydrogens (tertiary/aromatic N) is 2. The molecule has 1 saturated heterocycles. The number of nitrogens with two attached hydrogens (primary N) is 1. The van der Waals surface area contributed by atoms with E-state index < -0.39 is 23.1 Å². The highest BCUT2D eigenvalue weighted by Crippen LogP contribution is 2.29. The van der Waals surface area contributed by atoms with Crippen LogP contribution in [0.2, 0.25) is 0 Å².